The number of amides is 2. The van der Waals surface area contributed by atoms with E-state index in [0.29, 0.717) is 0 Å². The van der Waals surface area contributed by atoms with Gasteiger partial charge in [-0.1, -0.05) is 0 Å². The average molecular weight is 138 g/mol. The van der Waals surface area contributed by atoms with Gasteiger partial charge in [0.05, 0.1) is 0 Å². The van der Waals surface area contributed by atoms with Crippen molar-refractivity contribution in [2.24, 2.45) is 0 Å². The highest BCUT2D eigenvalue weighted by atomic mass is 16.2. The number of hydrogen-bond acceptors (Lipinski definition) is 1. The number of hydrogen-bond donors (Lipinski definition) is 0. The van der Waals surface area contributed by atoms with Crippen LogP contribution in [-0.2, 0) is 0 Å². The molecule has 1 aliphatic rings. The van der Waals surface area contributed by atoms with Crippen LogP contribution >= 0.6 is 0 Å². The fraction of sp³-hybridized carbons (Fsp3) is 0.286. The number of rotatable bonds is 0. The topological polar surface area (TPSA) is 23.6 Å². The van der Waals surface area contributed by atoms with Gasteiger partial charge in [-0.15, -0.1) is 0 Å². The summed E-state index contributed by atoms with van der Waals surface area (Å²) in [5, 5.41) is 0. The van der Waals surface area contributed by atoms with Gasteiger partial charge in [-0.2, -0.15) is 0 Å². The van der Waals surface area contributed by atoms with Gasteiger partial charge in [0, 0.05) is 26.5 Å². The first-order valence-corrected chi connectivity index (χ1v) is 3.06. The van der Waals surface area contributed by atoms with E-state index in [2.05, 4.69) is 0 Å². The summed E-state index contributed by atoms with van der Waals surface area (Å²) in [6, 6.07) is -0.0231. The zero-order valence-electron chi connectivity index (χ0n) is 6.11. The lowest BCUT2D eigenvalue weighted by Gasteiger charge is -2.16. The highest BCUT2D eigenvalue weighted by Gasteiger charge is 2.09. The van der Waals surface area contributed by atoms with E-state index in [1.165, 1.54) is 9.80 Å². The molecule has 0 fully saturated rings. The summed E-state index contributed by atoms with van der Waals surface area (Å²) in [6.45, 7) is 0. The third-order valence-electron chi connectivity index (χ3n) is 1.33. The predicted octanol–water partition coefficient (Wildman–Crippen LogP) is 1.01. The van der Waals surface area contributed by atoms with Crippen molar-refractivity contribution >= 4 is 6.03 Å². The molecule has 0 N–H and O–H groups in total. The molecule has 0 aromatic heterocycles. The number of allylic oxidation sites excluding steroid dienone is 2. The molecule has 3 heteroatoms. The van der Waals surface area contributed by atoms with Gasteiger partial charge in [0.1, 0.15) is 0 Å². The second-order valence-electron chi connectivity index (χ2n) is 2.19. The van der Waals surface area contributed by atoms with Crippen LogP contribution < -0.4 is 0 Å². The zero-order valence-corrected chi connectivity index (χ0v) is 6.11. The summed E-state index contributed by atoms with van der Waals surface area (Å²) in [4.78, 5) is 14.2. The molecule has 0 atom stereocenters. The minimum Gasteiger partial charge on any atom is -0.304 e. The smallest absolute Gasteiger partial charge is 0.304 e. The molecule has 1 aliphatic heterocycles. The minimum absolute atomic E-state index is 0.0231. The maximum absolute atomic E-state index is 11.1. The van der Waals surface area contributed by atoms with E-state index in [9.17, 15) is 4.79 Å². The number of nitrogens with zero attached hydrogens (tertiary/aromatic N) is 2. The van der Waals surface area contributed by atoms with Crippen molar-refractivity contribution in [3.63, 3.8) is 0 Å². The van der Waals surface area contributed by atoms with Gasteiger partial charge in [0.15, 0.2) is 0 Å². The standard InChI is InChI=1S/C7H10N2O/c1-8-5-3-4-6-9(2)7(8)10/h3-6H,1-2H3. The van der Waals surface area contributed by atoms with Crippen LogP contribution in [0.25, 0.3) is 0 Å². The van der Waals surface area contributed by atoms with Gasteiger partial charge in [0.2, 0.25) is 0 Å². The summed E-state index contributed by atoms with van der Waals surface area (Å²) in [6.07, 6.45) is 7.09. The Morgan fingerprint density at radius 3 is 1.90 bits per heavy atom. The molecule has 54 valence electrons. The molecule has 0 radical (unpaired) electrons. The van der Waals surface area contributed by atoms with Crippen LogP contribution in [0.2, 0.25) is 0 Å². The van der Waals surface area contributed by atoms with Crippen molar-refractivity contribution in [2.45, 2.75) is 0 Å². The van der Waals surface area contributed by atoms with Gasteiger partial charge >= 0.3 is 6.03 Å². The van der Waals surface area contributed by atoms with Gasteiger partial charge in [-0.05, 0) is 12.2 Å². The van der Waals surface area contributed by atoms with Crippen LogP contribution in [0.4, 0.5) is 4.79 Å². The molecule has 0 spiro atoms. The lowest BCUT2D eigenvalue weighted by Crippen LogP contribution is -2.31. The number of urea groups is 1. The molecular formula is C7H10N2O. The minimum atomic E-state index is -0.0231. The SMILES string of the molecule is CN1C=CC=CN(C)C1=O. The molecule has 2 amide bonds. The van der Waals surface area contributed by atoms with Gasteiger partial charge in [0.25, 0.3) is 0 Å². The number of carbonyl (C=O) groups excluding carboxylic acids is 1. The van der Waals surface area contributed by atoms with Crippen LogP contribution in [0, 0.1) is 0 Å². The largest absolute Gasteiger partial charge is 0.327 e. The molecule has 0 saturated heterocycles. The van der Waals surface area contributed by atoms with Gasteiger partial charge in [-0.3, -0.25) is 0 Å². The Hall–Kier alpha value is -1.25. The Balaban J connectivity index is 2.79. The molecule has 0 aliphatic carbocycles. The second kappa shape index (κ2) is 2.56. The average Bonchev–Trinajstić information content (AvgIpc) is 2.04. The van der Waals surface area contributed by atoms with Crippen LogP contribution in [0.1, 0.15) is 0 Å². The molecule has 10 heavy (non-hydrogen) atoms. The van der Waals surface area contributed by atoms with E-state index in [-0.39, 0.29) is 6.03 Å². The summed E-state index contributed by atoms with van der Waals surface area (Å²) in [5.41, 5.74) is 0. The van der Waals surface area contributed by atoms with Crippen molar-refractivity contribution < 1.29 is 4.79 Å². The third-order valence-corrected chi connectivity index (χ3v) is 1.33. The van der Waals surface area contributed by atoms with Crippen molar-refractivity contribution in [3.05, 3.63) is 24.6 Å². The van der Waals surface area contributed by atoms with Crippen LogP contribution in [0.5, 0.6) is 0 Å². The van der Waals surface area contributed by atoms with E-state index >= 15 is 0 Å². The van der Waals surface area contributed by atoms with Gasteiger partial charge < -0.3 is 9.80 Å². The summed E-state index contributed by atoms with van der Waals surface area (Å²) >= 11 is 0. The number of carbonyl (C=O) groups is 1. The Morgan fingerprint density at radius 1 is 1.10 bits per heavy atom. The van der Waals surface area contributed by atoms with E-state index in [1.807, 2.05) is 12.2 Å². The van der Waals surface area contributed by atoms with Crippen LogP contribution in [0.3, 0.4) is 0 Å². The summed E-state index contributed by atoms with van der Waals surface area (Å²) in [7, 11) is 3.45. The quantitative estimate of drug-likeness (QED) is 0.490. The summed E-state index contributed by atoms with van der Waals surface area (Å²) in [5.74, 6) is 0. The lowest BCUT2D eigenvalue weighted by molar-refractivity contribution is 0.202. The highest BCUT2D eigenvalue weighted by molar-refractivity contribution is 5.76. The Kier molecular flexibility index (Phi) is 1.76. The Labute approximate surface area is 60.2 Å². The van der Waals surface area contributed by atoms with Crippen LogP contribution in [0.15, 0.2) is 24.6 Å². The van der Waals surface area contributed by atoms with Crippen molar-refractivity contribution in [3.8, 4) is 0 Å². The normalized spacial score (nSPS) is 18.0. The van der Waals surface area contributed by atoms with E-state index in [1.54, 1.807) is 26.5 Å². The van der Waals surface area contributed by atoms with Crippen LogP contribution in [-0.4, -0.2) is 29.9 Å². The highest BCUT2D eigenvalue weighted by Crippen LogP contribution is 1.99. The maximum atomic E-state index is 11.1. The molecule has 3 nitrogen and oxygen atoms in total. The molecule has 1 heterocycles. The molecule has 0 unspecified atom stereocenters. The first-order valence-electron chi connectivity index (χ1n) is 3.06. The maximum Gasteiger partial charge on any atom is 0.327 e. The monoisotopic (exact) mass is 138 g/mol. The molecule has 0 aromatic rings. The Bertz CT molecular complexity index is 176. The lowest BCUT2D eigenvalue weighted by atomic mass is 10.6. The predicted molar refractivity (Wildman–Crippen MR) is 39.2 cm³/mol. The fourth-order valence-electron chi connectivity index (χ4n) is 0.734. The second-order valence-corrected chi connectivity index (χ2v) is 2.19. The molecule has 0 saturated carbocycles. The Morgan fingerprint density at radius 2 is 1.50 bits per heavy atom. The zero-order chi connectivity index (χ0) is 7.56. The fourth-order valence-corrected chi connectivity index (χ4v) is 0.734. The van der Waals surface area contributed by atoms with Gasteiger partial charge in [-0.25, -0.2) is 4.79 Å². The molecular weight excluding hydrogens is 128 g/mol. The van der Waals surface area contributed by atoms with E-state index in [0.717, 1.165) is 0 Å². The van der Waals surface area contributed by atoms with Crippen molar-refractivity contribution in [1.29, 1.82) is 0 Å². The molecule has 1 rings (SSSR count). The summed E-state index contributed by atoms with van der Waals surface area (Å²) < 4.78 is 0. The van der Waals surface area contributed by atoms with Crippen molar-refractivity contribution in [1.82, 2.24) is 9.80 Å². The third kappa shape index (κ3) is 1.18. The first-order chi connectivity index (χ1) is 4.72. The molecule has 0 bridgehead atoms. The van der Waals surface area contributed by atoms with Crippen molar-refractivity contribution in [2.75, 3.05) is 14.1 Å². The first kappa shape index (κ1) is 6.86. The van der Waals surface area contributed by atoms with E-state index < -0.39 is 0 Å². The van der Waals surface area contributed by atoms with E-state index in [4.69, 9.17) is 0 Å². The molecule has 0 aromatic carbocycles.